The van der Waals surface area contributed by atoms with Crippen LogP contribution in [0.1, 0.15) is 13.8 Å². The summed E-state index contributed by atoms with van der Waals surface area (Å²) >= 11 is 2.16. The minimum Gasteiger partial charge on any atom is -0.384 e. The summed E-state index contributed by atoms with van der Waals surface area (Å²) in [5.41, 5.74) is 13.2. The fraction of sp³-hybridized carbons (Fsp3) is 0.412. The molecule has 3 rings (SSSR count). The van der Waals surface area contributed by atoms with Crippen molar-refractivity contribution in [2.24, 2.45) is 10.7 Å². The summed E-state index contributed by atoms with van der Waals surface area (Å²) in [5, 5.41) is 7.15. The quantitative estimate of drug-likeness (QED) is 0.189. The largest absolute Gasteiger partial charge is 0.384 e. The molecular weight excluding hydrogens is 505 g/mol. The Labute approximate surface area is 185 Å². The topological polar surface area (TPSA) is 139 Å². The Morgan fingerprint density at radius 1 is 1.41 bits per heavy atom. The van der Waals surface area contributed by atoms with Gasteiger partial charge in [-0.1, -0.05) is 0 Å². The molecule has 12 heteroatoms. The number of amides is 1. The van der Waals surface area contributed by atoms with Crippen molar-refractivity contribution >= 4 is 64.9 Å². The molecule has 0 spiro atoms. The van der Waals surface area contributed by atoms with Crippen molar-refractivity contribution in [3.05, 3.63) is 24.0 Å². The second-order valence-corrected chi connectivity index (χ2v) is 8.51. The van der Waals surface area contributed by atoms with Crippen LogP contribution in [0.2, 0.25) is 0 Å². The van der Waals surface area contributed by atoms with E-state index >= 15 is 0 Å². The first-order valence-electron chi connectivity index (χ1n) is 9.15. The normalized spacial score (nSPS) is 15.9. The van der Waals surface area contributed by atoms with Gasteiger partial charge in [-0.2, -0.15) is 15.0 Å². The van der Waals surface area contributed by atoms with Crippen LogP contribution in [-0.2, 0) is 4.79 Å². The second kappa shape index (κ2) is 9.63. The maximum atomic E-state index is 12.9. The molecule has 0 aromatic carbocycles. The van der Waals surface area contributed by atoms with E-state index in [1.54, 1.807) is 4.90 Å². The van der Waals surface area contributed by atoms with Crippen molar-refractivity contribution in [2.75, 3.05) is 31.9 Å². The molecule has 1 saturated heterocycles. The average molecular weight is 529 g/mol. The van der Waals surface area contributed by atoms with Gasteiger partial charge in [0.2, 0.25) is 0 Å². The summed E-state index contributed by atoms with van der Waals surface area (Å²) in [6, 6.07) is 1.91. The smallest absolute Gasteiger partial charge is 0.270 e. The van der Waals surface area contributed by atoms with E-state index in [1.807, 2.05) is 30.1 Å². The van der Waals surface area contributed by atoms with Crippen LogP contribution in [0.5, 0.6) is 0 Å². The molecule has 3 heterocycles. The molecule has 1 aliphatic rings. The molecule has 1 fully saturated rings. The average Bonchev–Trinajstić information content (AvgIpc) is 3.10. The number of rotatable bonds is 6. The highest BCUT2D eigenvalue weighted by Gasteiger charge is 2.21. The van der Waals surface area contributed by atoms with Gasteiger partial charge in [-0.3, -0.25) is 8.77 Å². The summed E-state index contributed by atoms with van der Waals surface area (Å²) in [6.45, 7) is 6.75. The van der Waals surface area contributed by atoms with Crippen molar-refractivity contribution in [2.45, 2.75) is 19.9 Å². The van der Waals surface area contributed by atoms with E-state index in [9.17, 15) is 4.79 Å². The van der Waals surface area contributed by atoms with E-state index in [2.05, 4.69) is 46.8 Å². The van der Waals surface area contributed by atoms with Crippen LogP contribution in [0.4, 0.5) is 11.8 Å². The Hall–Kier alpha value is -2.06. The van der Waals surface area contributed by atoms with Crippen LogP contribution in [0.15, 0.2) is 29.0 Å². The van der Waals surface area contributed by atoms with E-state index in [0.29, 0.717) is 30.3 Å². The predicted octanol–water partition coefficient (Wildman–Crippen LogP) is 1.16. The molecule has 156 valence electrons. The van der Waals surface area contributed by atoms with Gasteiger partial charge in [0.15, 0.2) is 5.65 Å². The lowest BCUT2D eigenvalue weighted by atomic mass is 10.2. The molecule has 1 aliphatic heterocycles. The van der Waals surface area contributed by atoms with Gasteiger partial charge in [0, 0.05) is 74.8 Å². The Morgan fingerprint density at radius 2 is 2.14 bits per heavy atom. The van der Waals surface area contributed by atoms with Crippen molar-refractivity contribution in [3.63, 3.8) is 0 Å². The number of fused-ring (bicyclic) bond motifs is 1. The highest BCUT2D eigenvalue weighted by molar-refractivity contribution is 14.2. The van der Waals surface area contributed by atoms with Crippen LogP contribution in [0.25, 0.3) is 11.0 Å². The number of hydrogen-bond acceptors (Lipinski definition) is 8. The number of aromatic nitrogens is 3. The molecule has 29 heavy (non-hydrogen) atoms. The van der Waals surface area contributed by atoms with Crippen LogP contribution in [0.3, 0.4) is 0 Å². The van der Waals surface area contributed by atoms with Crippen LogP contribution >= 0.6 is 30.3 Å². The predicted molar refractivity (Wildman–Crippen MR) is 126 cm³/mol. The van der Waals surface area contributed by atoms with Crippen molar-refractivity contribution in [1.29, 1.82) is 0 Å². The van der Waals surface area contributed by atoms with Crippen LogP contribution in [-0.4, -0.2) is 62.8 Å². The Kier molecular flexibility index (Phi) is 7.18. The molecular formula is C17H24IN9OS. The molecule has 0 radical (unpaired) electrons. The third kappa shape index (κ3) is 5.30. The van der Waals surface area contributed by atoms with Gasteiger partial charge in [-0.05, 0) is 19.9 Å². The maximum Gasteiger partial charge on any atom is 0.270 e. The van der Waals surface area contributed by atoms with Gasteiger partial charge in [0.25, 0.3) is 11.9 Å². The number of carbonyl (C=O) groups is 1. The first kappa shape index (κ1) is 21.6. The maximum absolute atomic E-state index is 12.9. The van der Waals surface area contributed by atoms with Crippen molar-refractivity contribution in [1.82, 2.24) is 29.5 Å². The van der Waals surface area contributed by atoms with Crippen LogP contribution < -0.4 is 22.1 Å². The van der Waals surface area contributed by atoms with Gasteiger partial charge in [0.05, 0.1) is 5.39 Å². The molecule has 10 nitrogen and oxygen atoms in total. The van der Waals surface area contributed by atoms with E-state index in [0.717, 1.165) is 18.5 Å². The number of nitrogens with zero attached hydrogens (tertiary/aromatic N) is 5. The molecule has 2 aromatic rings. The number of nitrogen functional groups attached to an aromatic ring is 1. The third-order valence-corrected chi connectivity index (χ3v) is 5.92. The highest BCUT2D eigenvalue weighted by atomic mass is 127. The Balaban J connectivity index is 1.91. The van der Waals surface area contributed by atoms with Gasteiger partial charge in [0.1, 0.15) is 17.4 Å². The number of anilines is 1. The van der Waals surface area contributed by atoms with Crippen molar-refractivity contribution < 1.29 is 4.79 Å². The first-order chi connectivity index (χ1) is 13.9. The second-order valence-electron chi connectivity index (χ2n) is 6.79. The van der Waals surface area contributed by atoms with Gasteiger partial charge in [-0.15, -0.1) is 0 Å². The number of hydrogen-bond donors (Lipinski definition) is 4. The number of aliphatic imine (C=N–C) groups is 1. The minimum absolute atomic E-state index is 0.0631. The highest BCUT2D eigenvalue weighted by Crippen LogP contribution is 2.27. The number of halogens is 1. The zero-order valence-electron chi connectivity index (χ0n) is 16.2. The van der Waals surface area contributed by atoms with E-state index in [4.69, 9.17) is 11.5 Å². The lowest BCUT2D eigenvalue weighted by Crippen LogP contribution is -2.49. The van der Waals surface area contributed by atoms with Crippen molar-refractivity contribution in [3.8, 4) is 0 Å². The molecule has 6 N–H and O–H groups in total. The molecule has 2 aromatic heterocycles. The first-order valence-corrected chi connectivity index (χ1v) is 12.5. The van der Waals surface area contributed by atoms with Gasteiger partial charge >= 0.3 is 0 Å². The number of amidine groups is 1. The molecule has 0 bridgehead atoms. The lowest BCUT2D eigenvalue weighted by Gasteiger charge is -2.29. The lowest BCUT2D eigenvalue weighted by molar-refractivity contribution is -0.128. The summed E-state index contributed by atoms with van der Waals surface area (Å²) in [6.07, 6.45) is 3.39. The minimum atomic E-state index is -0.107. The number of nitrogens with one attached hydrogen (secondary N) is 2. The molecule has 0 aliphatic carbocycles. The summed E-state index contributed by atoms with van der Waals surface area (Å²) in [7, 11) is 1.46. The number of nitrogens with two attached hydrogens (primary N) is 2. The number of carbonyl (C=O) groups excluding carboxylic acids is 1. The summed E-state index contributed by atoms with van der Waals surface area (Å²) in [4.78, 5) is 27.6. The van der Waals surface area contributed by atoms with E-state index < -0.39 is 0 Å². The molecule has 1 amide bonds. The molecule has 0 saturated carbocycles. The third-order valence-electron chi connectivity index (χ3n) is 4.20. The Morgan fingerprint density at radius 3 is 2.79 bits per heavy atom. The fourth-order valence-electron chi connectivity index (χ4n) is 2.92. The zero-order valence-corrected chi connectivity index (χ0v) is 19.2. The molecule has 0 unspecified atom stereocenters. The number of piperazine rings is 1. The fourth-order valence-corrected chi connectivity index (χ4v) is 4.18. The van der Waals surface area contributed by atoms with E-state index in [-0.39, 0.29) is 23.7 Å². The Bertz CT molecular complexity index is 950. The van der Waals surface area contributed by atoms with Gasteiger partial charge in [-0.25, -0.2) is 0 Å². The zero-order chi connectivity index (χ0) is 21.0. The monoisotopic (exact) mass is 529 g/mol. The summed E-state index contributed by atoms with van der Waals surface area (Å²) in [5.74, 6) is 0.486. The van der Waals surface area contributed by atoms with Gasteiger partial charge < -0.3 is 27.0 Å². The summed E-state index contributed by atoms with van der Waals surface area (Å²) < 4.78 is 1.86. The standard InChI is InChI=1S/C17H24IN9OS/c1-10(2)22-12(16(28)26-7-4-21-5-8-26)9-13(19)23-17-24-14(20)11-3-6-27(29-18)15(11)25-17/h3,6,9-10,21-22H,4-5,7-8H2,1-2H3,(H4,19,20,23,24,25)/b12-9-. The van der Waals surface area contributed by atoms with Crippen LogP contribution in [0, 0.1) is 0 Å². The SMILES string of the molecule is CC(C)N/C(=C\C(N)=N\c1nc(N)c2ccn(SI)c2n1)C(=O)N1CCNCC1. The van der Waals surface area contributed by atoms with E-state index in [1.165, 1.54) is 15.2 Å². The molecule has 0 atom stereocenters.